The number of benzene rings is 1. The van der Waals surface area contributed by atoms with Gasteiger partial charge in [-0.1, -0.05) is 12.1 Å². The molecule has 1 radical (unpaired) electrons. The first-order chi connectivity index (χ1) is 4.75. The maximum absolute atomic E-state index is 9.26. The van der Waals surface area contributed by atoms with Crippen LogP contribution in [0, 0.1) is 6.92 Å². The van der Waals surface area contributed by atoms with Crippen molar-refractivity contribution in [3.63, 3.8) is 0 Å². The normalized spacial score (nSPS) is 8.45. The Hall–Kier alpha value is -0.791. The number of phenols is 1. The average molecular weight is 190 g/mol. The van der Waals surface area contributed by atoms with E-state index in [4.69, 9.17) is 0 Å². The van der Waals surface area contributed by atoms with Gasteiger partial charge in [0.25, 0.3) is 0 Å². The molecule has 0 unspecified atom stereocenters. The molecule has 0 aliphatic heterocycles. The Bertz CT molecular complexity index is 260. The Morgan fingerprint density at radius 3 is 2.55 bits per heavy atom. The summed E-state index contributed by atoms with van der Waals surface area (Å²) < 4.78 is 0. The van der Waals surface area contributed by atoms with Crippen LogP contribution in [-0.2, 0) is 17.1 Å². The van der Waals surface area contributed by atoms with E-state index in [0.717, 1.165) is 5.56 Å². The maximum Gasteiger partial charge on any atom is 0.144 e. The van der Waals surface area contributed by atoms with Crippen LogP contribution < -0.4 is 0 Å². The minimum absolute atomic E-state index is 0. The molecule has 0 bridgehead atoms. The zero-order valence-electron chi connectivity index (χ0n) is 6.21. The van der Waals surface area contributed by atoms with Crippen molar-refractivity contribution in [3.05, 3.63) is 23.8 Å². The first-order valence-electron chi connectivity index (χ1n) is 3.01. The summed E-state index contributed by atoms with van der Waals surface area (Å²) in [5.41, 5.74) is 1.37. The van der Waals surface area contributed by atoms with Gasteiger partial charge in [0.2, 0.25) is 0 Å². The summed E-state index contributed by atoms with van der Waals surface area (Å²) >= 11 is 0. The molecule has 0 aromatic heterocycles. The molecule has 2 nitrogen and oxygen atoms in total. The quantitative estimate of drug-likeness (QED) is 0.533. The molecule has 0 saturated heterocycles. The van der Waals surface area contributed by atoms with Gasteiger partial charge in [0.05, 0.1) is 0 Å². The molecule has 0 fully saturated rings. The van der Waals surface area contributed by atoms with Crippen LogP contribution in [0.4, 0.5) is 5.69 Å². The molecule has 59 valence electrons. The second kappa shape index (κ2) is 4.16. The van der Waals surface area contributed by atoms with Gasteiger partial charge in [0.1, 0.15) is 11.4 Å². The van der Waals surface area contributed by atoms with Crippen LogP contribution in [0.5, 0.6) is 5.75 Å². The number of aromatic hydroxyl groups is 1. The van der Waals surface area contributed by atoms with Crippen molar-refractivity contribution in [1.82, 2.24) is 0 Å². The summed E-state index contributed by atoms with van der Waals surface area (Å²) in [7, 11) is 0. The fourth-order valence-electron chi connectivity index (χ4n) is 0.771. The predicted molar refractivity (Wildman–Crippen MR) is 42.1 cm³/mol. The molecule has 0 spiro atoms. The number of rotatable bonds is 1. The van der Waals surface area contributed by atoms with Crippen LogP contribution in [0.1, 0.15) is 5.56 Å². The van der Waals surface area contributed by atoms with E-state index in [2.05, 4.69) is 11.7 Å². The van der Waals surface area contributed by atoms with Crippen molar-refractivity contribution in [2.75, 3.05) is 0 Å². The number of para-hydroxylation sites is 1. The monoisotopic (exact) mass is 190 g/mol. The molecule has 1 rings (SSSR count). The van der Waals surface area contributed by atoms with Crippen molar-refractivity contribution >= 4 is 12.4 Å². The van der Waals surface area contributed by atoms with E-state index >= 15 is 0 Å². The van der Waals surface area contributed by atoms with Gasteiger partial charge in [-0.2, -0.15) is 0 Å². The standard InChI is InChI=1S/C8H9NO.Mn/c1-6-4-3-5-7(9-2)8(6)10;/h3-5,10H,2H2,1H3;. The smallest absolute Gasteiger partial charge is 0.144 e. The number of aryl methyl sites for hydroxylation is 1. The van der Waals surface area contributed by atoms with Gasteiger partial charge in [0.15, 0.2) is 0 Å². The average Bonchev–Trinajstić information content (AvgIpc) is 1.95. The van der Waals surface area contributed by atoms with E-state index in [-0.39, 0.29) is 22.8 Å². The SMILES string of the molecule is C=Nc1cccc(C)c1O.[Mn]. The molecule has 3 heteroatoms. The number of nitrogens with zero attached hydrogens (tertiary/aromatic N) is 1. The second-order valence-electron chi connectivity index (χ2n) is 2.10. The van der Waals surface area contributed by atoms with Crippen molar-refractivity contribution in [1.29, 1.82) is 0 Å². The van der Waals surface area contributed by atoms with E-state index in [9.17, 15) is 5.11 Å². The van der Waals surface area contributed by atoms with Crippen molar-refractivity contribution in [2.24, 2.45) is 4.99 Å². The Morgan fingerprint density at radius 1 is 1.45 bits per heavy atom. The molecule has 0 amide bonds. The van der Waals surface area contributed by atoms with E-state index in [1.165, 1.54) is 0 Å². The topological polar surface area (TPSA) is 32.6 Å². The molecule has 0 aliphatic rings. The molecule has 1 aromatic carbocycles. The van der Waals surface area contributed by atoms with Crippen LogP contribution in [0.3, 0.4) is 0 Å². The molecular formula is C8H9MnNO. The van der Waals surface area contributed by atoms with E-state index in [1.807, 2.05) is 19.1 Å². The van der Waals surface area contributed by atoms with Crippen LogP contribution in [-0.4, -0.2) is 11.8 Å². The number of aliphatic imine (C=N–C) groups is 1. The van der Waals surface area contributed by atoms with Gasteiger partial charge in [-0.3, -0.25) is 4.99 Å². The Morgan fingerprint density at radius 2 is 2.09 bits per heavy atom. The third-order valence-electron chi connectivity index (χ3n) is 1.39. The van der Waals surface area contributed by atoms with E-state index < -0.39 is 0 Å². The van der Waals surface area contributed by atoms with Gasteiger partial charge >= 0.3 is 0 Å². The minimum Gasteiger partial charge on any atom is -0.505 e. The fraction of sp³-hybridized carbons (Fsp3) is 0.125. The summed E-state index contributed by atoms with van der Waals surface area (Å²) in [6, 6.07) is 5.37. The zero-order valence-corrected chi connectivity index (χ0v) is 7.39. The third-order valence-corrected chi connectivity index (χ3v) is 1.39. The van der Waals surface area contributed by atoms with Gasteiger partial charge in [-0.15, -0.1) is 0 Å². The summed E-state index contributed by atoms with van der Waals surface area (Å²) in [4.78, 5) is 3.63. The minimum atomic E-state index is 0. The maximum atomic E-state index is 9.26. The van der Waals surface area contributed by atoms with Crippen LogP contribution in [0.25, 0.3) is 0 Å². The van der Waals surface area contributed by atoms with E-state index in [1.54, 1.807) is 6.07 Å². The first kappa shape index (κ1) is 10.2. The Labute approximate surface area is 76.4 Å². The zero-order chi connectivity index (χ0) is 7.56. The molecule has 0 atom stereocenters. The van der Waals surface area contributed by atoms with Crippen LogP contribution in [0.2, 0.25) is 0 Å². The van der Waals surface area contributed by atoms with Gasteiger partial charge < -0.3 is 5.11 Å². The first-order valence-corrected chi connectivity index (χ1v) is 3.01. The summed E-state index contributed by atoms with van der Waals surface area (Å²) in [5.74, 6) is 0.220. The van der Waals surface area contributed by atoms with Gasteiger partial charge in [0, 0.05) is 17.1 Å². The number of hydrogen-bond donors (Lipinski definition) is 1. The molecule has 0 saturated carbocycles. The number of phenolic OH excluding ortho intramolecular Hbond substituents is 1. The van der Waals surface area contributed by atoms with E-state index in [0.29, 0.717) is 5.69 Å². The fourth-order valence-corrected chi connectivity index (χ4v) is 0.771. The Kier molecular flexibility index (Phi) is 3.86. The molecular weight excluding hydrogens is 181 g/mol. The molecule has 0 heterocycles. The van der Waals surface area contributed by atoms with Crippen molar-refractivity contribution in [3.8, 4) is 5.75 Å². The van der Waals surface area contributed by atoms with Crippen molar-refractivity contribution in [2.45, 2.75) is 6.92 Å². The summed E-state index contributed by atoms with van der Waals surface area (Å²) in [5, 5.41) is 9.26. The molecule has 1 aromatic rings. The van der Waals surface area contributed by atoms with Crippen molar-refractivity contribution < 1.29 is 22.2 Å². The molecule has 11 heavy (non-hydrogen) atoms. The predicted octanol–water partition coefficient (Wildman–Crippen LogP) is 2.03. The van der Waals surface area contributed by atoms with Gasteiger partial charge in [-0.25, -0.2) is 0 Å². The van der Waals surface area contributed by atoms with Crippen LogP contribution >= 0.6 is 0 Å². The second-order valence-corrected chi connectivity index (χ2v) is 2.10. The molecule has 1 N–H and O–H groups in total. The molecule has 0 aliphatic carbocycles. The Balaban J connectivity index is 0.000001000. The summed E-state index contributed by atoms with van der Waals surface area (Å²) in [6.45, 7) is 5.15. The van der Waals surface area contributed by atoms with Crippen LogP contribution in [0.15, 0.2) is 23.2 Å². The number of hydrogen-bond acceptors (Lipinski definition) is 2. The summed E-state index contributed by atoms with van der Waals surface area (Å²) in [6.07, 6.45) is 0. The largest absolute Gasteiger partial charge is 0.505 e. The van der Waals surface area contributed by atoms with Gasteiger partial charge in [-0.05, 0) is 25.3 Å². The third kappa shape index (κ3) is 2.07.